The van der Waals surface area contributed by atoms with Crippen LogP contribution in [0, 0.1) is 5.92 Å². The third-order valence-corrected chi connectivity index (χ3v) is 4.28. The monoisotopic (exact) mass is 254 g/mol. The van der Waals surface area contributed by atoms with Crippen LogP contribution in [-0.4, -0.2) is 29.2 Å². The Kier molecular flexibility index (Phi) is 4.46. The molecule has 2 heterocycles. The number of hydrogen-bond acceptors (Lipinski definition) is 3. The largest absolute Gasteiger partial charge is 0.393 e. The summed E-state index contributed by atoms with van der Waals surface area (Å²) in [6.45, 7) is 8.15. The van der Waals surface area contributed by atoms with Gasteiger partial charge in [0.1, 0.15) is 0 Å². The van der Waals surface area contributed by atoms with Gasteiger partial charge in [-0.1, -0.05) is 19.9 Å². The lowest BCUT2D eigenvalue weighted by molar-refractivity contribution is -0.334. The molecule has 0 aromatic heterocycles. The van der Waals surface area contributed by atoms with E-state index in [0.29, 0.717) is 18.8 Å². The zero-order valence-corrected chi connectivity index (χ0v) is 11.6. The summed E-state index contributed by atoms with van der Waals surface area (Å²) in [4.78, 5) is 0. The highest BCUT2D eigenvalue weighted by Gasteiger charge is 2.46. The molecule has 3 nitrogen and oxygen atoms in total. The molecule has 0 radical (unpaired) electrons. The molecule has 2 fully saturated rings. The van der Waals surface area contributed by atoms with Gasteiger partial charge in [-0.2, -0.15) is 0 Å². The van der Waals surface area contributed by atoms with Gasteiger partial charge in [-0.3, -0.25) is 0 Å². The molecule has 5 atom stereocenters. The van der Waals surface area contributed by atoms with E-state index in [2.05, 4.69) is 20.4 Å². The molecule has 0 unspecified atom stereocenters. The van der Waals surface area contributed by atoms with E-state index in [0.717, 1.165) is 25.7 Å². The van der Waals surface area contributed by atoms with E-state index in [4.69, 9.17) is 9.47 Å². The highest BCUT2D eigenvalue weighted by atomic mass is 16.7. The molecule has 0 saturated carbocycles. The molecule has 1 spiro atoms. The van der Waals surface area contributed by atoms with Crippen LogP contribution in [0.3, 0.4) is 0 Å². The van der Waals surface area contributed by atoms with Crippen molar-refractivity contribution in [3.8, 4) is 0 Å². The molecule has 1 N–H and O–H groups in total. The Labute approximate surface area is 110 Å². The van der Waals surface area contributed by atoms with E-state index in [1.165, 1.54) is 0 Å². The summed E-state index contributed by atoms with van der Waals surface area (Å²) >= 11 is 0. The van der Waals surface area contributed by atoms with E-state index in [1.807, 2.05) is 6.08 Å². The Hall–Kier alpha value is -0.380. The SMILES string of the molecule is C=CC[C@@H]1C[C@H](O)C[C@]2(CC[C@H](C)[C@@H](CC)O2)O1. The number of hydrogen-bond donors (Lipinski definition) is 1. The molecule has 0 aliphatic carbocycles. The highest BCUT2D eigenvalue weighted by Crippen LogP contribution is 2.42. The average Bonchev–Trinajstić information content (AvgIpc) is 2.32. The molecule has 2 aliphatic rings. The lowest BCUT2D eigenvalue weighted by atomic mass is 9.85. The standard InChI is InChI=1S/C15H26O3/c1-4-6-13-9-12(16)10-15(17-13)8-7-11(3)14(5-2)18-15/h4,11-14,16H,1,5-10H2,2-3H3/t11-,12-,13+,14+,15+/m0/s1. The minimum absolute atomic E-state index is 0.0529. The molecule has 0 aromatic rings. The van der Waals surface area contributed by atoms with Crippen LogP contribution in [0.4, 0.5) is 0 Å². The third kappa shape index (κ3) is 2.95. The van der Waals surface area contributed by atoms with Crippen LogP contribution in [0.15, 0.2) is 12.7 Å². The van der Waals surface area contributed by atoms with Crippen LogP contribution in [0.2, 0.25) is 0 Å². The Morgan fingerprint density at radius 2 is 2.22 bits per heavy atom. The van der Waals surface area contributed by atoms with Gasteiger partial charge in [-0.25, -0.2) is 0 Å². The van der Waals surface area contributed by atoms with Gasteiger partial charge < -0.3 is 14.6 Å². The first-order valence-corrected chi connectivity index (χ1v) is 7.23. The molecular weight excluding hydrogens is 228 g/mol. The molecule has 0 bridgehead atoms. The second-order valence-electron chi connectivity index (χ2n) is 5.85. The van der Waals surface area contributed by atoms with Crippen molar-refractivity contribution in [3.63, 3.8) is 0 Å². The van der Waals surface area contributed by atoms with Crippen molar-refractivity contribution >= 4 is 0 Å². The summed E-state index contributed by atoms with van der Waals surface area (Å²) in [6, 6.07) is 0. The first kappa shape index (κ1) is 14.0. The van der Waals surface area contributed by atoms with Crippen LogP contribution in [-0.2, 0) is 9.47 Å². The fraction of sp³-hybridized carbons (Fsp3) is 0.867. The maximum absolute atomic E-state index is 10.1. The Morgan fingerprint density at radius 1 is 1.44 bits per heavy atom. The molecule has 104 valence electrons. The number of aliphatic hydroxyl groups excluding tert-OH is 1. The molecule has 2 saturated heterocycles. The molecule has 2 aliphatic heterocycles. The molecule has 2 rings (SSSR count). The first-order chi connectivity index (χ1) is 8.58. The summed E-state index contributed by atoms with van der Waals surface area (Å²) in [5.41, 5.74) is 0. The van der Waals surface area contributed by atoms with Crippen molar-refractivity contribution in [3.05, 3.63) is 12.7 Å². The summed E-state index contributed by atoms with van der Waals surface area (Å²) in [6.07, 6.45) is 6.98. The van der Waals surface area contributed by atoms with Crippen LogP contribution in [0.5, 0.6) is 0 Å². The van der Waals surface area contributed by atoms with Crippen molar-refractivity contribution < 1.29 is 14.6 Å². The Morgan fingerprint density at radius 3 is 2.89 bits per heavy atom. The lowest BCUT2D eigenvalue weighted by Gasteiger charge is -2.49. The Bertz CT molecular complexity index is 291. The zero-order valence-electron chi connectivity index (χ0n) is 11.6. The third-order valence-electron chi connectivity index (χ3n) is 4.28. The summed E-state index contributed by atoms with van der Waals surface area (Å²) in [7, 11) is 0. The van der Waals surface area contributed by atoms with Crippen molar-refractivity contribution in [1.82, 2.24) is 0 Å². The van der Waals surface area contributed by atoms with Gasteiger partial charge in [0.05, 0.1) is 18.3 Å². The highest BCUT2D eigenvalue weighted by molar-refractivity contribution is 4.90. The van der Waals surface area contributed by atoms with Gasteiger partial charge in [0.25, 0.3) is 0 Å². The van der Waals surface area contributed by atoms with Gasteiger partial charge in [-0.05, 0) is 25.2 Å². The predicted octanol–water partition coefficient (Wildman–Crippen LogP) is 3.02. The molecule has 3 heteroatoms. The maximum atomic E-state index is 10.1. The van der Waals surface area contributed by atoms with Gasteiger partial charge >= 0.3 is 0 Å². The van der Waals surface area contributed by atoms with E-state index in [1.54, 1.807) is 0 Å². The van der Waals surface area contributed by atoms with Crippen molar-refractivity contribution in [2.45, 2.75) is 76.5 Å². The fourth-order valence-electron chi connectivity index (χ4n) is 3.28. The minimum atomic E-state index is -0.543. The van der Waals surface area contributed by atoms with Crippen LogP contribution >= 0.6 is 0 Å². The lowest BCUT2D eigenvalue weighted by Crippen LogP contribution is -2.53. The fourth-order valence-corrected chi connectivity index (χ4v) is 3.28. The van der Waals surface area contributed by atoms with E-state index in [-0.39, 0.29) is 18.3 Å². The molecule has 18 heavy (non-hydrogen) atoms. The minimum Gasteiger partial charge on any atom is -0.393 e. The molecule has 0 aromatic carbocycles. The second kappa shape index (κ2) is 5.72. The average molecular weight is 254 g/mol. The number of aliphatic hydroxyl groups is 1. The van der Waals surface area contributed by atoms with Gasteiger partial charge in [-0.15, -0.1) is 6.58 Å². The smallest absolute Gasteiger partial charge is 0.171 e. The zero-order chi connectivity index (χ0) is 13.2. The van der Waals surface area contributed by atoms with Gasteiger partial charge in [0.2, 0.25) is 0 Å². The van der Waals surface area contributed by atoms with Crippen LogP contribution < -0.4 is 0 Å². The van der Waals surface area contributed by atoms with Crippen LogP contribution in [0.1, 0.15) is 52.4 Å². The summed E-state index contributed by atoms with van der Waals surface area (Å²) in [5, 5.41) is 10.1. The number of ether oxygens (including phenoxy) is 2. The van der Waals surface area contributed by atoms with E-state index in [9.17, 15) is 5.11 Å². The Balaban J connectivity index is 2.06. The van der Waals surface area contributed by atoms with Crippen molar-refractivity contribution in [1.29, 1.82) is 0 Å². The molecule has 0 amide bonds. The second-order valence-corrected chi connectivity index (χ2v) is 5.85. The van der Waals surface area contributed by atoms with Gasteiger partial charge in [0, 0.05) is 19.3 Å². The van der Waals surface area contributed by atoms with Gasteiger partial charge in [0.15, 0.2) is 5.79 Å². The van der Waals surface area contributed by atoms with E-state index >= 15 is 0 Å². The van der Waals surface area contributed by atoms with Crippen LogP contribution in [0.25, 0.3) is 0 Å². The topological polar surface area (TPSA) is 38.7 Å². The summed E-state index contributed by atoms with van der Waals surface area (Å²) < 4.78 is 12.4. The van der Waals surface area contributed by atoms with Crippen molar-refractivity contribution in [2.75, 3.05) is 0 Å². The summed E-state index contributed by atoms with van der Waals surface area (Å²) in [5.74, 6) is 0.0413. The first-order valence-electron chi connectivity index (χ1n) is 7.23. The molecular formula is C15H26O3. The van der Waals surface area contributed by atoms with Crippen molar-refractivity contribution in [2.24, 2.45) is 5.92 Å². The van der Waals surface area contributed by atoms with E-state index < -0.39 is 5.79 Å². The number of rotatable bonds is 3. The normalized spacial score (nSPS) is 45.1. The maximum Gasteiger partial charge on any atom is 0.171 e. The quantitative estimate of drug-likeness (QED) is 0.787. The predicted molar refractivity (Wildman–Crippen MR) is 71.2 cm³/mol.